The fourth-order valence-electron chi connectivity index (χ4n) is 4.90. The number of rotatable bonds is 4. The number of amides is 1. The van der Waals surface area contributed by atoms with E-state index in [0.717, 1.165) is 37.1 Å². The van der Waals surface area contributed by atoms with Gasteiger partial charge < -0.3 is 15.6 Å². The number of hydrogen-bond donors (Lipinski definition) is 3. The number of hydrogen-bond acceptors (Lipinski definition) is 4. The number of benzene rings is 2. The highest BCUT2D eigenvalue weighted by Crippen LogP contribution is 2.44. The summed E-state index contributed by atoms with van der Waals surface area (Å²) in [5, 5.41) is 7.13. The zero-order chi connectivity index (χ0) is 22.0. The summed E-state index contributed by atoms with van der Waals surface area (Å²) in [6, 6.07) is 10.2. The maximum atomic E-state index is 13.7. The van der Waals surface area contributed by atoms with Gasteiger partial charge in [-0.2, -0.15) is 0 Å². The lowest BCUT2D eigenvalue weighted by atomic mass is 9.61. The Balaban J connectivity index is 1.59. The Hall–Kier alpha value is -2.35. The van der Waals surface area contributed by atoms with Crippen LogP contribution < -0.4 is 10.6 Å². The molecule has 1 spiro atoms. The standard InChI is InChI=1S/C23H24ClN3O3S/c1-13-5-14(2)7-17(6-13)31(29,30)21-18-8-15(24)3-4-19(18)27-20(21)22(28)26-16-9-23(10-16)11-25-12-23/h3-8,16,25,27H,9-12H2,1-2H3,(H,26,28). The molecule has 2 aromatic carbocycles. The molecule has 1 saturated carbocycles. The summed E-state index contributed by atoms with van der Waals surface area (Å²) in [5.74, 6) is -0.401. The van der Waals surface area contributed by atoms with Gasteiger partial charge in [-0.3, -0.25) is 4.79 Å². The Morgan fingerprint density at radius 2 is 1.77 bits per heavy atom. The lowest BCUT2D eigenvalue weighted by molar-refractivity contribution is 0.0230. The second-order valence-corrected chi connectivity index (χ2v) is 11.4. The smallest absolute Gasteiger partial charge is 0.269 e. The van der Waals surface area contributed by atoms with Crippen LogP contribution in [0.25, 0.3) is 10.9 Å². The molecule has 3 aromatic rings. The first-order valence-corrected chi connectivity index (χ1v) is 12.2. The van der Waals surface area contributed by atoms with Crippen LogP contribution in [-0.2, 0) is 9.84 Å². The minimum atomic E-state index is -3.96. The normalized spacial score (nSPS) is 18.0. The average Bonchev–Trinajstić information content (AvgIpc) is 3.01. The first kappa shape index (κ1) is 20.5. The molecule has 6 nitrogen and oxygen atoms in total. The van der Waals surface area contributed by atoms with Crippen molar-refractivity contribution in [3.05, 3.63) is 58.2 Å². The Morgan fingerprint density at radius 1 is 1.10 bits per heavy atom. The molecule has 1 aliphatic heterocycles. The van der Waals surface area contributed by atoms with Gasteiger partial charge in [-0.15, -0.1) is 0 Å². The number of carbonyl (C=O) groups excluding carboxylic acids is 1. The quantitative estimate of drug-likeness (QED) is 0.556. The van der Waals surface area contributed by atoms with E-state index >= 15 is 0 Å². The molecular weight excluding hydrogens is 434 g/mol. The molecule has 162 valence electrons. The van der Waals surface area contributed by atoms with Crippen LogP contribution in [0.2, 0.25) is 5.02 Å². The van der Waals surface area contributed by atoms with Crippen molar-refractivity contribution in [3.8, 4) is 0 Å². The van der Waals surface area contributed by atoms with Crippen molar-refractivity contribution in [1.29, 1.82) is 0 Å². The Morgan fingerprint density at radius 3 is 2.39 bits per heavy atom. The molecule has 0 bridgehead atoms. The van der Waals surface area contributed by atoms with Gasteiger partial charge in [0.2, 0.25) is 9.84 Å². The molecule has 0 radical (unpaired) electrons. The van der Waals surface area contributed by atoms with E-state index in [1.165, 1.54) is 0 Å². The summed E-state index contributed by atoms with van der Waals surface area (Å²) in [7, 11) is -3.96. The van der Waals surface area contributed by atoms with Crippen LogP contribution >= 0.6 is 11.6 Å². The minimum absolute atomic E-state index is 0.0214. The summed E-state index contributed by atoms with van der Waals surface area (Å²) in [4.78, 5) is 16.4. The predicted octanol–water partition coefficient (Wildman–Crippen LogP) is 3.75. The van der Waals surface area contributed by atoms with E-state index in [2.05, 4.69) is 15.6 Å². The highest BCUT2D eigenvalue weighted by molar-refractivity contribution is 7.91. The maximum absolute atomic E-state index is 13.7. The topological polar surface area (TPSA) is 91.1 Å². The highest BCUT2D eigenvalue weighted by Gasteiger charge is 2.49. The van der Waals surface area contributed by atoms with E-state index in [0.29, 0.717) is 21.3 Å². The molecule has 2 aliphatic rings. The van der Waals surface area contributed by atoms with Gasteiger partial charge in [0.1, 0.15) is 10.6 Å². The van der Waals surface area contributed by atoms with Crippen molar-refractivity contribution in [1.82, 2.24) is 15.6 Å². The van der Waals surface area contributed by atoms with Gasteiger partial charge in [-0.25, -0.2) is 8.42 Å². The predicted molar refractivity (Wildman–Crippen MR) is 120 cm³/mol. The molecule has 8 heteroatoms. The number of carbonyl (C=O) groups is 1. The summed E-state index contributed by atoms with van der Waals surface area (Å²) in [6.45, 7) is 5.67. The van der Waals surface area contributed by atoms with Gasteiger partial charge in [-0.05, 0) is 73.6 Å². The van der Waals surface area contributed by atoms with Crippen molar-refractivity contribution in [3.63, 3.8) is 0 Å². The summed E-state index contributed by atoms with van der Waals surface area (Å²) in [5.41, 5.74) is 2.61. The molecule has 31 heavy (non-hydrogen) atoms. The van der Waals surface area contributed by atoms with Gasteiger partial charge in [0.15, 0.2) is 0 Å². The first-order valence-electron chi connectivity index (χ1n) is 10.3. The molecule has 5 rings (SSSR count). The Labute approximate surface area is 186 Å². The molecule has 0 unspecified atom stereocenters. The summed E-state index contributed by atoms with van der Waals surface area (Å²) in [6.07, 6.45) is 1.83. The molecule has 1 aliphatic carbocycles. The Bertz CT molecular complexity index is 1300. The van der Waals surface area contributed by atoms with Crippen LogP contribution in [0.3, 0.4) is 0 Å². The molecule has 1 aromatic heterocycles. The van der Waals surface area contributed by atoms with E-state index in [9.17, 15) is 13.2 Å². The highest BCUT2D eigenvalue weighted by atomic mass is 35.5. The maximum Gasteiger partial charge on any atom is 0.269 e. The Kier molecular flexibility index (Phi) is 4.70. The molecule has 3 N–H and O–H groups in total. The molecule has 1 saturated heterocycles. The first-order chi connectivity index (χ1) is 14.7. The van der Waals surface area contributed by atoms with Gasteiger partial charge in [0.05, 0.1) is 4.90 Å². The van der Waals surface area contributed by atoms with Crippen LogP contribution in [0, 0.1) is 19.3 Å². The van der Waals surface area contributed by atoms with E-state index in [4.69, 9.17) is 11.6 Å². The molecule has 2 heterocycles. The fourth-order valence-corrected chi connectivity index (χ4v) is 6.86. The molecule has 1 amide bonds. The SMILES string of the molecule is Cc1cc(C)cc(S(=O)(=O)c2c(C(=O)NC3CC4(CNC4)C3)[nH]c3ccc(Cl)cc23)c1. The van der Waals surface area contributed by atoms with Crippen molar-refractivity contribution in [2.45, 2.75) is 42.5 Å². The van der Waals surface area contributed by atoms with Crippen LogP contribution in [0.5, 0.6) is 0 Å². The fraction of sp³-hybridized carbons (Fsp3) is 0.348. The van der Waals surface area contributed by atoms with E-state index in [1.807, 2.05) is 19.9 Å². The largest absolute Gasteiger partial charge is 0.349 e. The summed E-state index contributed by atoms with van der Waals surface area (Å²) < 4.78 is 27.5. The van der Waals surface area contributed by atoms with E-state index in [-0.39, 0.29) is 21.5 Å². The molecular formula is C23H24ClN3O3S. The van der Waals surface area contributed by atoms with Crippen LogP contribution in [0.15, 0.2) is 46.2 Å². The number of aromatic nitrogens is 1. The number of aryl methyl sites for hydroxylation is 2. The third kappa shape index (κ3) is 3.45. The number of sulfone groups is 1. The van der Waals surface area contributed by atoms with Crippen molar-refractivity contribution >= 4 is 38.2 Å². The van der Waals surface area contributed by atoms with Gasteiger partial charge in [-0.1, -0.05) is 17.7 Å². The van der Waals surface area contributed by atoms with Gasteiger partial charge in [0.25, 0.3) is 5.91 Å². The number of aromatic amines is 1. The van der Waals surface area contributed by atoms with E-state index in [1.54, 1.807) is 30.3 Å². The number of fused-ring (bicyclic) bond motifs is 1. The lowest BCUT2D eigenvalue weighted by Gasteiger charge is -2.54. The van der Waals surface area contributed by atoms with Crippen LogP contribution in [0.4, 0.5) is 0 Å². The third-order valence-electron chi connectivity index (χ3n) is 6.41. The second-order valence-electron chi connectivity index (χ2n) is 9.03. The zero-order valence-corrected chi connectivity index (χ0v) is 19.0. The van der Waals surface area contributed by atoms with Crippen LogP contribution in [0.1, 0.15) is 34.5 Å². The molecule has 2 fully saturated rings. The second kappa shape index (κ2) is 7.08. The van der Waals surface area contributed by atoms with Crippen LogP contribution in [-0.4, -0.2) is 38.4 Å². The number of H-pyrrole nitrogens is 1. The molecule has 0 atom stereocenters. The van der Waals surface area contributed by atoms with Gasteiger partial charge >= 0.3 is 0 Å². The average molecular weight is 458 g/mol. The van der Waals surface area contributed by atoms with Crippen molar-refractivity contribution < 1.29 is 13.2 Å². The zero-order valence-electron chi connectivity index (χ0n) is 17.4. The van der Waals surface area contributed by atoms with Crippen molar-refractivity contribution in [2.24, 2.45) is 5.41 Å². The van der Waals surface area contributed by atoms with Gasteiger partial charge in [0, 0.05) is 35.1 Å². The number of halogens is 1. The van der Waals surface area contributed by atoms with Crippen molar-refractivity contribution in [2.75, 3.05) is 13.1 Å². The summed E-state index contributed by atoms with van der Waals surface area (Å²) >= 11 is 6.18. The third-order valence-corrected chi connectivity index (χ3v) is 8.46. The number of nitrogens with one attached hydrogen (secondary N) is 3. The minimum Gasteiger partial charge on any atom is -0.349 e. The van der Waals surface area contributed by atoms with E-state index < -0.39 is 15.7 Å². The lowest BCUT2D eigenvalue weighted by Crippen LogP contribution is -2.65. The monoisotopic (exact) mass is 457 g/mol.